The molecule has 0 spiro atoms. The molecule has 0 saturated heterocycles. The second kappa shape index (κ2) is 6.45. The van der Waals surface area contributed by atoms with Gasteiger partial charge in [0.15, 0.2) is 0 Å². The number of rotatable bonds is 5. The molecule has 1 rings (SSSR count). The second-order valence-electron chi connectivity index (χ2n) is 3.85. The third kappa shape index (κ3) is 5.67. The van der Waals surface area contributed by atoms with Crippen molar-refractivity contribution in [3.05, 3.63) is 33.8 Å². The van der Waals surface area contributed by atoms with E-state index in [1.54, 1.807) is 6.07 Å². The van der Waals surface area contributed by atoms with Crippen LogP contribution < -0.4 is 0 Å². The zero-order chi connectivity index (χ0) is 14.6. The van der Waals surface area contributed by atoms with Crippen LogP contribution in [-0.2, 0) is 11.3 Å². The molecular weight excluding hydrogens is 306 g/mol. The summed E-state index contributed by atoms with van der Waals surface area (Å²) in [5.41, 5.74) is 0.274. The van der Waals surface area contributed by atoms with Crippen LogP contribution >= 0.6 is 23.2 Å². The van der Waals surface area contributed by atoms with Crippen LogP contribution in [-0.4, -0.2) is 35.2 Å². The molecule has 0 aliphatic carbocycles. The van der Waals surface area contributed by atoms with Crippen molar-refractivity contribution >= 4 is 29.2 Å². The van der Waals surface area contributed by atoms with Crippen molar-refractivity contribution in [2.75, 3.05) is 13.1 Å². The molecular formula is C11H10Cl2F3NO2. The first-order valence-corrected chi connectivity index (χ1v) is 5.88. The fourth-order valence-electron chi connectivity index (χ4n) is 1.52. The highest BCUT2D eigenvalue weighted by Gasteiger charge is 2.32. The first-order chi connectivity index (χ1) is 8.69. The molecule has 1 N–H and O–H groups in total. The Kier molecular flexibility index (Phi) is 5.46. The van der Waals surface area contributed by atoms with Crippen LogP contribution in [0.3, 0.4) is 0 Å². The van der Waals surface area contributed by atoms with Crippen molar-refractivity contribution in [3.8, 4) is 0 Å². The maximum atomic E-state index is 12.4. The van der Waals surface area contributed by atoms with Gasteiger partial charge in [0.05, 0.1) is 13.1 Å². The maximum absolute atomic E-state index is 12.4. The topological polar surface area (TPSA) is 40.5 Å². The zero-order valence-corrected chi connectivity index (χ0v) is 11.1. The van der Waals surface area contributed by atoms with E-state index in [1.807, 2.05) is 0 Å². The maximum Gasteiger partial charge on any atom is 0.401 e. The van der Waals surface area contributed by atoms with Gasteiger partial charge in [0.1, 0.15) is 0 Å². The zero-order valence-electron chi connectivity index (χ0n) is 9.55. The Morgan fingerprint density at radius 2 is 1.79 bits per heavy atom. The SMILES string of the molecule is O=C(O)CN(Cc1c(Cl)cccc1Cl)CC(F)(F)F. The van der Waals surface area contributed by atoms with Crippen LogP contribution in [0.25, 0.3) is 0 Å². The summed E-state index contributed by atoms with van der Waals surface area (Å²) in [6.07, 6.45) is -4.50. The minimum atomic E-state index is -4.50. The normalized spacial score (nSPS) is 11.9. The lowest BCUT2D eigenvalue weighted by atomic mass is 10.2. The van der Waals surface area contributed by atoms with E-state index >= 15 is 0 Å². The van der Waals surface area contributed by atoms with E-state index in [9.17, 15) is 18.0 Å². The van der Waals surface area contributed by atoms with Crippen molar-refractivity contribution in [2.24, 2.45) is 0 Å². The monoisotopic (exact) mass is 315 g/mol. The number of nitrogens with zero attached hydrogens (tertiary/aromatic N) is 1. The molecule has 0 saturated carbocycles. The fourth-order valence-corrected chi connectivity index (χ4v) is 2.04. The van der Waals surface area contributed by atoms with E-state index in [0.29, 0.717) is 0 Å². The number of alkyl halides is 3. The molecule has 106 valence electrons. The van der Waals surface area contributed by atoms with E-state index in [2.05, 4.69) is 0 Å². The number of carboxylic acids is 1. The highest BCUT2D eigenvalue weighted by atomic mass is 35.5. The number of carbonyl (C=O) groups is 1. The van der Waals surface area contributed by atoms with Crippen LogP contribution in [0.4, 0.5) is 13.2 Å². The van der Waals surface area contributed by atoms with Crippen LogP contribution in [0.15, 0.2) is 18.2 Å². The van der Waals surface area contributed by atoms with Crippen molar-refractivity contribution in [1.82, 2.24) is 4.90 Å². The smallest absolute Gasteiger partial charge is 0.401 e. The van der Waals surface area contributed by atoms with E-state index in [-0.39, 0.29) is 22.2 Å². The summed E-state index contributed by atoms with van der Waals surface area (Å²) in [5.74, 6) is -1.35. The fraction of sp³-hybridized carbons (Fsp3) is 0.364. The van der Waals surface area contributed by atoms with Gasteiger partial charge in [-0.3, -0.25) is 9.69 Å². The summed E-state index contributed by atoms with van der Waals surface area (Å²) in [7, 11) is 0. The lowest BCUT2D eigenvalue weighted by Gasteiger charge is -2.22. The van der Waals surface area contributed by atoms with E-state index in [1.165, 1.54) is 12.1 Å². The number of hydrogen-bond acceptors (Lipinski definition) is 2. The van der Waals surface area contributed by atoms with Crippen LogP contribution in [0.5, 0.6) is 0 Å². The summed E-state index contributed by atoms with van der Waals surface area (Å²) >= 11 is 11.7. The third-order valence-corrected chi connectivity index (χ3v) is 2.91. The molecule has 1 aromatic rings. The highest BCUT2D eigenvalue weighted by molar-refractivity contribution is 6.35. The number of halogens is 5. The molecule has 0 aromatic heterocycles. The molecule has 0 amide bonds. The summed E-state index contributed by atoms with van der Waals surface area (Å²) in [4.78, 5) is 11.3. The quantitative estimate of drug-likeness (QED) is 0.904. The van der Waals surface area contributed by atoms with Gasteiger partial charge in [-0.15, -0.1) is 0 Å². The summed E-state index contributed by atoms with van der Waals surface area (Å²) in [5, 5.41) is 9.02. The molecule has 0 heterocycles. The van der Waals surface area contributed by atoms with Gasteiger partial charge >= 0.3 is 12.1 Å². The molecule has 1 aromatic carbocycles. The highest BCUT2D eigenvalue weighted by Crippen LogP contribution is 2.27. The molecule has 3 nitrogen and oxygen atoms in total. The minimum absolute atomic E-state index is 0.199. The molecule has 0 aliphatic rings. The molecule has 0 unspecified atom stereocenters. The predicted octanol–water partition coefficient (Wildman–Crippen LogP) is 3.44. The summed E-state index contributed by atoms with van der Waals surface area (Å²) in [6.45, 7) is -2.38. The Bertz CT molecular complexity index is 445. The number of hydrogen-bond donors (Lipinski definition) is 1. The van der Waals surface area contributed by atoms with Gasteiger partial charge in [0.25, 0.3) is 0 Å². The molecule has 0 fully saturated rings. The Morgan fingerprint density at radius 1 is 1.26 bits per heavy atom. The van der Waals surface area contributed by atoms with E-state index in [0.717, 1.165) is 4.90 Å². The Hall–Kier alpha value is -0.980. The van der Waals surface area contributed by atoms with Gasteiger partial charge in [0, 0.05) is 22.2 Å². The molecule has 19 heavy (non-hydrogen) atoms. The summed E-state index contributed by atoms with van der Waals surface area (Å²) in [6, 6.07) is 4.52. The minimum Gasteiger partial charge on any atom is -0.480 e. The van der Waals surface area contributed by atoms with Gasteiger partial charge < -0.3 is 5.11 Å². The molecule has 0 radical (unpaired) electrons. The largest absolute Gasteiger partial charge is 0.480 e. The van der Waals surface area contributed by atoms with Gasteiger partial charge in [-0.2, -0.15) is 13.2 Å². The lowest BCUT2D eigenvalue weighted by Crippen LogP contribution is -2.37. The average Bonchev–Trinajstić information content (AvgIpc) is 2.20. The standard InChI is InChI=1S/C11H10Cl2F3NO2/c12-8-2-1-3-9(13)7(8)4-17(5-10(18)19)6-11(14,15)16/h1-3H,4-6H2,(H,18,19). The van der Waals surface area contributed by atoms with Gasteiger partial charge in [-0.25, -0.2) is 0 Å². The molecule has 0 aliphatic heterocycles. The summed E-state index contributed by atoms with van der Waals surface area (Å²) < 4.78 is 37.1. The van der Waals surface area contributed by atoms with Crippen molar-refractivity contribution < 1.29 is 23.1 Å². The Labute approximate surface area is 117 Å². The molecule has 0 bridgehead atoms. The number of aliphatic carboxylic acids is 1. The lowest BCUT2D eigenvalue weighted by molar-refractivity contribution is -0.154. The van der Waals surface area contributed by atoms with E-state index in [4.69, 9.17) is 28.3 Å². The van der Waals surface area contributed by atoms with Crippen molar-refractivity contribution in [3.63, 3.8) is 0 Å². The van der Waals surface area contributed by atoms with E-state index < -0.39 is 25.2 Å². The first-order valence-electron chi connectivity index (χ1n) is 5.13. The third-order valence-electron chi connectivity index (χ3n) is 2.21. The number of benzene rings is 1. The van der Waals surface area contributed by atoms with Crippen molar-refractivity contribution in [1.29, 1.82) is 0 Å². The van der Waals surface area contributed by atoms with Crippen molar-refractivity contribution in [2.45, 2.75) is 12.7 Å². The number of carboxylic acid groups (broad SMARTS) is 1. The van der Waals surface area contributed by atoms with Crippen LogP contribution in [0.1, 0.15) is 5.56 Å². The van der Waals surface area contributed by atoms with Gasteiger partial charge in [0.2, 0.25) is 0 Å². The second-order valence-corrected chi connectivity index (χ2v) is 4.67. The van der Waals surface area contributed by atoms with Gasteiger partial charge in [-0.1, -0.05) is 29.3 Å². The first kappa shape index (κ1) is 16.1. The average molecular weight is 316 g/mol. The Balaban J connectivity index is 2.90. The Morgan fingerprint density at radius 3 is 2.21 bits per heavy atom. The predicted molar refractivity (Wildman–Crippen MR) is 65.4 cm³/mol. The molecule has 8 heteroatoms. The van der Waals surface area contributed by atoms with Crippen LogP contribution in [0.2, 0.25) is 10.0 Å². The van der Waals surface area contributed by atoms with Gasteiger partial charge in [-0.05, 0) is 12.1 Å². The molecule has 0 atom stereocenters. The van der Waals surface area contributed by atoms with Crippen LogP contribution in [0, 0.1) is 0 Å².